The molecule has 2 nitrogen and oxygen atoms in total. The molecule has 1 rings (SSSR count). The zero-order chi connectivity index (χ0) is 10.2. The molecule has 0 bridgehead atoms. The van der Waals surface area contributed by atoms with Gasteiger partial charge < -0.3 is 5.11 Å². The highest BCUT2D eigenvalue weighted by molar-refractivity contribution is 6.32. The Morgan fingerprint density at radius 2 is 2.00 bits per heavy atom. The summed E-state index contributed by atoms with van der Waals surface area (Å²) in [5.41, 5.74) is 0.588. The van der Waals surface area contributed by atoms with Gasteiger partial charge in [-0.25, -0.2) is 9.18 Å². The Hall–Kier alpha value is -1.09. The third-order valence-electron chi connectivity index (χ3n) is 1.92. The third-order valence-corrected chi connectivity index (χ3v) is 2.49. The van der Waals surface area contributed by atoms with Crippen LogP contribution in [-0.4, -0.2) is 11.1 Å². The normalized spacial score (nSPS) is 10.2. The van der Waals surface area contributed by atoms with Crippen molar-refractivity contribution >= 4 is 17.6 Å². The molecule has 4 heteroatoms. The summed E-state index contributed by atoms with van der Waals surface area (Å²) in [5.74, 6) is -1.76. The van der Waals surface area contributed by atoms with Crippen LogP contribution in [0.4, 0.5) is 4.39 Å². The molecule has 0 aliphatic heterocycles. The van der Waals surface area contributed by atoms with Crippen molar-refractivity contribution in [2.75, 3.05) is 0 Å². The summed E-state index contributed by atoms with van der Waals surface area (Å²) in [6.45, 7) is 3.06. The van der Waals surface area contributed by atoms with Crippen LogP contribution in [0.5, 0.6) is 0 Å². The van der Waals surface area contributed by atoms with E-state index in [0.29, 0.717) is 5.56 Å². The highest BCUT2D eigenvalue weighted by atomic mass is 35.5. The standard InChI is InChI=1S/C9H8ClFO2/c1-4-6(9(12)13)3-7(11)5(2)8(4)10/h3H,1-2H3,(H,12,13). The highest BCUT2D eigenvalue weighted by Gasteiger charge is 2.15. The largest absolute Gasteiger partial charge is 0.478 e. The molecular weight excluding hydrogens is 195 g/mol. The molecule has 0 aliphatic carbocycles. The second-order valence-electron chi connectivity index (χ2n) is 2.78. The summed E-state index contributed by atoms with van der Waals surface area (Å²) >= 11 is 5.73. The van der Waals surface area contributed by atoms with Gasteiger partial charge in [0.15, 0.2) is 0 Å². The number of rotatable bonds is 1. The van der Waals surface area contributed by atoms with Crippen LogP contribution in [0.2, 0.25) is 5.02 Å². The average molecular weight is 203 g/mol. The number of carboxylic acids is 1. The number of carbonyl (C=O) groups is 1. The fourth-order valence-electron chi connectivity index (χ4n) is 1.07. The van der Waals surface area contributed by atoms with Crippen LogP contribution in [0.3, 0.4) is 0 Å². The van der Waals surface area contributed by atoms with Gasteiger partial charge in [-0.05, 0) is 25.5 Å². The highest BCUT2D eigenvalue weighted by Crippen LogP contribution is 2.25. The molecule has 0 radical (unpaired) electrons. The Bertz CT molecular complexity index is 374. The van der Waals surface area contributed by atoms with E-state index in [2.05, 4.69) is 0 Å². The van der Waals surface area contributed by atoms with Crippen molar-refractivity contribution in [3.05, 3.63) is 33.6 Å². The Labute approximate surface area is 80.0 Å². The molecule has 0 amide bonds. The van der Waals surface area contributed by atoms with Crippen LogP contribution >= 0.6 is 11.6 Å². The van der Waals surface area contributed by atoms with Crippen molar-refractivity contribution in [3.8, 4) is 0 Å². The predicted molar refractivity (Wildman–Crippen MR) is 47.8 cm³/mol. The van der Waals surface area contributed by atoms with Crippen molar-refractivity contribution < 1.29 is 14.3 Å². The van der Waals surface area contributed by atoms with E-state index in [4.69, 9.17) is 16.7 Å². The Kier molecular flexibility index (Phi) is 2.57. The van der Waals surface area contributed by atoms with E-state index < -0.39 is 11.8 Å². The van der Waals surface area contributed by atoms with Crippen LogP contribution in [0, 0.1) is 19.7 Å². The number of carboxylic acid groups (broad SMARTS) is 1. The lowest BCUT2D eigenvalue weighted by molar-refractivity contribution is 0.0695. The number of aromatic carboxylic acids is 1. The van der Waals surface area contributed by atoms with E-state index in [1.165, 1.54) is 6.92 Å². The Morgan fingerprint density at radius 3 is 2.46 bits per heavy atom. The first-order valence-corrected chi connectivity index (χ1v) is 4.01. The van der Waals surface area contributed by atoms with Crippen molar-refractivity contribution in [3.63, 3.8) is 0 Å². The molecule has 0 heterocycles. The summed E-state index contributed by atoms with van der Waals surface area (Å²) in [7, 11) is 0. The Balaban J connectivity index is 3.50. The van der Waals surface area contributed by atoms with E-state index in [1.54, 1.807) is 6.92 Å². The lowest BCUT2D eigenvalue weighted by atomic mass is 10.1. The summed E-state index contributed by atoms with van der Waals surface area (Å²) in [6.07, 6.45) is 0. The van der Waals surface area contributed by atoms with Crippen molar-refractivity contribution in [2.45, 2.75) is 13.8 Å². The summed E-state index contributed by atoms with van der Waals surface area (Å²) in [5, 5.41) is 8.86. The molecule has 0 atom stereocenters. The maximum Gasteiger partial charge on any atom is 0.336 e. The maximum atomic E-state index is 13.0. The van der Waals surface area contributed by atoms with Gasteiger partial charge >= 0.3 is 5.97 Å². The monoisotopic (exact) mass is 202 g/mol. The van der Waals surface area contributed by atoms with Gasteiger partial charge in [0, 0.05) is 5.56 Å². The van der Waals surface area contributed by atoms with Gasteiger partial charge in [0.1, 0.15) is 5.82 Å². The van der Waals surface area contributed by atoms with Crippen molar-refractivity contribution in [2.24, 2.45) is 0 Å². The Morgan fingerprint density at radius 1 is 1.46 bits per heavy atom. The molecular formula is C9H8ClFO2. The fourth-order valence-corrected chi connectivity index (χ4v) is 1.26. The molecule has 1 aromatic rings. The minimum atomic E-state index is -1.17. The van der Waals surface area contributed by atoms with E-state index in [0.717, 1.165) is 6.07 Å². The van der Waals surface area contributed by atoms with Crippen LogP contribution in [-0.2, 0) is 0 Å². The predicted octanol–water partition coefficient (Wildman–Crippen LogP) is 2.79. The first kappa shape index (κ1) is 9.99. The van der Waals surface area contributed by atoms with E-state index in [-0.39, 0.29) is 16.1 Å². The topological polar surface area (TPSA) is 37.3 Å². The smallest absolute Gasteiger partial charge is 0.336 e. The average Bonchev–Trinajstić information content (AvgIpc) is 2.07. The van der Waals surface area contributed by atoms with Crippen molar-refractivity contribution in [1.29, 1.82) is 0 Å². The number of hydrogen-bond donors (Lipinski definition) is 1. The zero-order valence-electron chi connectivity index (χ0n) is 7.19. The molecule has 13 heavy (non-hydrogen) atoms. The molecule has 0 saturated heterocycles. The van der Waals surface area contributed by atoms with Gasteiger partial charge in [0.25, 0.3) is 0 Å². The van der Waals surface area contributed by atoms with Gasteiger partial charge in [-0.2, -0.15) is 0 Å². The molecule has 1 N–H and O–H groups in total. The molecule has 0 unspecified atom stereocenters. The van der Waals surface area contributed by atoms with Crippen LogP contribution in [0.15, 0.2) is 6.07 Å². The van der Waals surface area contributed by atoms with E-state index in [1.807, 2.05) is 0 Å². The molecule has 0 fully saturated rings. The van der Waals surface area contributed by atoms with Gasteiger partial charge in [0.05, 0.1) is 10.6 Å². The fraction of sp³-hybridized carbons (Fsp3) is 0.222. The van der Waals surface area contributed by atoms with Crippen LogP contribution in [0.1, 0.15) is 21.5 Å². The number of hydrogen-bond acceptors (Lipinski definition) is 1. The van der Waals surface area contributed by atoms with Gasteiger partial charge in [0.2, 0.25) is 0 Å². The van der Waals surface area contributed by atoms with Crippen LogP contribution < -0.4 is 0 Å². The summed E-state index contributed by atoms with van der Waals surface area (Å²) in [4.78, 5) is 10.6. The van der Waals surface area contributed by atoms with Crippen LogP contribution in [0.25, 0.3) is 0 Å². The minimum absolute atomic E-state index is 0.0897. The summed E-state index contributed by atoms with van der Waals surface area (Å²) in [6, 6.07) is 0.985. The molecule has 70 valence electrons. The second-order valence-corrected chi connectivity index (χ2v) is 3.15. The zero-order valence-corrected chi connectivity index (χ0v) is 7.94. The first-order valence-electron chi connectivity index (χ1n) is 3.63. The lowest BCUT2D eigenvalue weighted by Crippen LogP contribution is -2.02. The third kappa shape index (κ3) is 1.65. The second kappa shape index (κ2) is 3.34. The number of benzene rings is 1. The van der Waals surface area contributed by atoms with Gasteiger partial charge in [-0.15, -0.1) is 0 Å². The quantitative estimate of drug-likeness (QED) is 0.761. The lowest BCUT2D eigenvalue weighted by Gasteiger charge is -2.06. The van der Waals surface area contributed by atoms with E-state index in [9.17, 15) is 9.18 Å². The van der Waals surface area contributed by atoms with Gasteiger partial charge in [-0.1, -0.05) is 11.6 Å². The summed E-state index contributed by atoms with van der Waals surface area (Å²) < 4.78 is 13.0. The first-order chi connectivity index (χ1) is 5.95. The van der Waals surface area contributed by atoms with Crippen molar-refractivity contribution in [1.82, 2.24) is 0 Å². The molecule has 1 aromatic carbocycles. The minimum Gasteiger partial charge on any atom is -0.478 e. The maximum absolute atomic E-state index is 13.0. The molecule has 0 saturated carbocycles. The molecule has 0 aromatic heterocycles. The molecule has 0 aliphatic rings. The number of halogens is 2. The molecule has 0 spiro atoms. The van der Waals surface area contributed by atoms with Gasteiger partial charge in [-0.3, -0.25) is 0 Å². The SMILES string of the molecule is Cc1c(F)cc(C(=O)O)c(C)c1Cl. The van der Waals surface area contributed by atoms with E-state index >= 15 is 0 Å².